The highest BCUT2D eigenvalue weighted by molar-refractivity contribution is 6.13. The van der Waals surface area contributed by atoms with E-state index in [4.69, 9.17) is 0 Å². The fourth-order valence-corrected chi connectivity index (χ4v) is 4.29. The highest BCUT2D eigenvalue weighted by atomic mass is 16.2. The van der Waals surface area contributed by atoms with E-state index in [1.807, 2.05) is 0 Å². The van der Waals surface area contributed by atoms with Crippen LogP contribution in [0.2, 0.25) is 0 Å². The number of imide groups is 1. The molecule has 0 radical (unpaired) electrons. The maximum absolute atomic E-state index is 12.4. The van der Waals surface area contributed by atoms with Crippen LogP contribution in [0.4, 0.5) is 0 Å². The van der Waals surface area contributed by atoms with Crippen LogP contribution in [0.15, 0.2) is 24.3 Å². The molecule has 2 amide bonds. The second-order valence-corrected chi connectivity index (χ2v) is 8.43. The van der Waals surface area contributed by atoms with E-state index >= 15 is 0 Å². The zero-order chi connectivity index (χ0) is 18.5. The summed E-state index contributed by atoms with van der Waals surface area (Å²) in [6, 6.07) is 4.46. The van der Waals surface area contributed by atoms with E-state index in [-0.39, 0.29) is 23.8 Å². The first-order valence-electron chi connectivity index (χ1n) is 9.44. The lowest BCUT2D eigenvalue weighted by Crippen LogP contribution is -2.38. The fraction of sp³-hybridized carbons (Fsp3) is 0.545. The van der Waals surface area contributed by atoms with Gasteiger partial charge in [0, 0.05) is 12.2 Å². The van der Waals surface area contributed by atoms with Crippen molar-refractivity contribution in [2.45, 2.75) is 65.8 Å². The molecule has 1 aliphatic carbocycles. The Balaban J connectivity index is 2.19. The minimum atomic E-state index is -0.170. The summed E-state index contributed by atoms with van der Waals surface area (Å²) in [6.07, 6.45) is 3.76. The molecule has 0 unspecified atom stereocenters. The molecular formula is C22H29NO2. The average Bonchev–Trinajstić information content (AvgIpc) is 3.06. The van der Waals surface area contributed by atoms with Crippen LogP contribution in [-0.2, 0) is 16.0 Å². The molecule has 0 aromatic heterocycles. The molecule has 1 heterocycles. The molecule has 0 fully saturated rings. The van der Waals surface area contributed by atoms with Gasteiger partial charge in [0.1, 0.15) is 0 Å². The van der Waals surface area contributed by atoms with E-state index in [1.165, 1.54) is 39.3 Å². The number of carbonyl (C=O) groups is 2. The normalized spacial score (nSPS) is 22.8. The Morgan fingerprint density at radius 2 is 1.52 bits per heavy atom. The molecule has 1 aromatic carbocycles. The van der Waals surface area contributed by atoms with E-state index in [0.717, 1.165) is 6.42 Å². The molecule has 0 saturated heterocycles. The smallest absolute Gasteiger partial charge is 0.254 e. The van der Waals surface area contributed by atoms with E-state index in [1.54, 1.807) is 0 Å². The van der Waals surface area contributed by atoms with Crippen LogP contribution in [-0.4, -0.2) is 16.7 Å². The van der Waals surface area contributed by atoms with Crippen LogP contribution in [0.5, 0.6) is 0 Å². The molecule has 0 N–H and O–H groups in total. The molecule has 2 aliphatic rings. The molecule has 3 rings (SSSR count). The van der Waals surface area contributed by atoms with Crippen molar-refractivity contribution in [2.75, 3.05) is 0 Å². The van der Waals surface area contributed by atoms with Crippen molar-refractivity contribution in [2.24, 2.45) is 11.8 Å². The van der Waals surface area contributed by atoms with E-state index < -0.39 is 0 Å². The van der Waals surface area contributed by atoms with Gasteiger partial charge in [-0.15, -0.1) is 0 Å². The Labute approximate surface area is 151 Å². The van der Waals surface area contributed by atoms with E-state index in [0.29, 0.717) is 17.8 Å². The van der Waals surface area contributed by atoms with Gasteiger partial charge in [-0.2, -0.15) is 0 Å². The summed E-state index contributed by atoms with van der Waals surface area (Å²) >= 11 is 0. The first-order chi connectivity index (χ1) is 11.7. The summed E-state index contributed by atoms with van der Waals surface area (Å²) in [4.78, 5) is 26.3. The summed E-state index contributed by atoms with van der Waals surface area (Å²) in [7, 11) is 0. The second kappa shape index (κ2) is 6.44. The number of carbonyl (C=O) groups excluding carboxylic acids is 2. The SMILES string of the molecule is CC(C)c1cc2c(c(C(C)C)c1)[C@@H](N1C(=O)C=CC1=O)[C@H](C(C)C)C2. The highest BCUT2D eigenvalue weighted by Gasteiger charge is 2.44. The maximum atomic E-state index is 12.4. The first kappa shape index (κ1) is 17.9. The van der Waals surface area contributed by atoms with Crippen molar-refractivity contribution < 1.29 is 9.59 Å². The van der Waals surface area contributed by atoms with E-state index in [2.05, 4.69) is 53.7 Å². The predicted octanol–water partition coefficient (Wildman–Crippen LogP) is 4.73. The van der Waals surface area contributed by atoms with Gasteiger partial charge in [-0.05, 0) is 52.3 Å². The van der Waals surface area contributed by atoms with Crippen LogP contribution in [0, 0.1) is 11.8 Å². The van der Waals surface area contributed by atoms with Crippen LogP contribution in [0.3, 0.4) is 0 Å². The average molecular weight is 339 g/mol. The largest absolute Gasteiger partial charge is 0.269 e. The highest BCUT2D eigenvalue weighted by Crippen LogP contribution is 2.48. The molecule has 1 aromatic rings. The molecular weight excluding hydrogens is 310 g/mol. The van der Waals surface area contributed by atoms with Crippen molar-refractivity contribution in [3.8, 4) is 0 Å². The zero-order valence-corrected chi connectivity index (χ0v) is 16.2. The lowest BCUT2D eigenvalue weighted by Gasteiger charge is -2.32. The number of benzene rings is 1. The Hall–Kier alpha value is -1.90. The summed E-state index contributed by atoms with van der Waals surface area (Å²) in [5.74, 6) is 1.17. The number of hydrogen-bond acceptors (Lipinski definition) is 2. The Bertz CT molecular complexity index is 725. The third kappa shape index (κ3) is 2.94. The summed E-state index contributed by atoms with van der Waals surface area (Å²) in [5.41, 5.74) is 5.19. The first-order valence-corrected chi connectivity index (χ1v) is 9.44. The number of amides is 2. The van der Waals surface area contributed by atoms with Gasteiger partial charge in [-0.3, -0.25) is 14.5 Å². The Kier molecular flexibility index (Phi) is 4.61. The van der Waals surface area contributed by atoms with Crippen molar-refractivity contribution in [1.29, 1.82) is 0 Å². The molecule has 25 heavy (non-hydrogen) atoms. The maximum Gasteiger partial charge on any atom is 0.254 e. The molecule has 0 spiro atoms. The minimum absolute atomic E-state index is 0.136. The summed E-state index contributed by atoms with van der Waals surface area (Å²) in [6.45, 7) is 13.2. The van der Waals surface area contributed by atoms with Gasteiger partial charge in [0.2, 0.25) is 0 Å². The molecule has 2 atom stereocenters. The molecule has 1 aliphatic heterocycles. The number of hydrogen-bond donors (Lipinski definition) is 0. The number of nitrogens with zero attached hydrogens (tertiary/aromatic N) is 1. The van der Waals surface area contributed by atoms with Crippen LogP contribution in [0.1, 0.15) is 81.7 Å². The van der Waals surface area contributed by atoms with Crippen molar-refractivity contribution in [3.63, 3.8) is 0 Å². The summed E-state index contributed by atoms with van der Waals surface area (Å²) < 4.78 is 0. The Morgan fingerprint density at radius 3 is 2.00 bits per heavy atom. The van der Waals surface area contributed by atoms with Gasteiger partial charge < -0.3 is 0 Å². The fourth-order valence-electron chi connectivity index (χ4n) is 4.29. The lowest BCUT2D eigenvalue weighted by molar-refractivity contribution is -0.141. The van der Waals surface area contributed by atoms with Gasteiger partial charge in [0.25, 0.3) is 11.8 Å². The number of fused-ring (bicyclic) bond motifs is 1. The molecule has 134 valence electrons. The predicted molar refractivity (Wildman–Crippen MR) is 100 cm³/mol. The molecule has 3 heteroatoms. The lowest BCUT2D eigenvalue weighted by atomic mass is 9.84. The van der Waals surface area contributed by atoms with Gasteiger partial charge in [0.05, 0.1) is 6.04 Å². The summed E-state index contributed by atoms with van der Waals surface area (Å²) in [5, 5.41) is 0. The Morgan fingerprint density at radius 1 is 0.920 bits per heavy atom. The minimum Gasteiger partial charge on any atom is -0.269 e. The second-order valence-electron chi connectivity index (χ2n) is 8.43. The van der Waals surface area contributed by atoms with Crippen molar-refractivity contribution >= 4 is 11.8 Å². The third-order valence-corrected chi connectivity index (χ3v) is 5.74. The van der Waals surface area contributed by atoms with Crippen LogP contribution >= 0.6 is 0 Å². The van der Waals surface area contributed by atoms with Gasteiger partial charge >= 0.3 is 0 Å². The van der Waals surface area contributed by atoms with Gasteiger partial charge in [-0.1, -0.05) is 53.7 Å². The molecule has 3 nitrogen and oxygen atoms in total. The topological polar surface area (TPSA) is 37.4 Å². The van der Waals surface area contributed by atoms with Crippen LogP contribution < -0.4 is 0 Å². The number of rotatable bonds is 4. The standard InChI is InChI=1S/C22H29NO2/c1-12(2)15-9-16-11-18(14(5)6)22(21(16)17(10-15)13(3)4)23-19(24)7-8-20(23)25/h7-10,12-14,18,22H,11H2,1-6H3/t18-,22-/m0/s1. The van der Waals surface area contributed by atoms with Crippen molar-refractivity contribution in [3.05, 3.63) is 46.5 Å². The molecule has 0 bridgehead atoms. The van der Waals surface area contributed by atoms with E-state index in [9.17, 15) is 9.59 Å². The van der Waals surface area contributed by atoms with Gasteiger partial charge in [-0.25, -0.2) is 0 Å². The quantitative estimate of drug-likeness (QED) is 0.744. The van der Waals surface area contributed by atoms with Crippen molar-refractivity contribution in [1.82, 2.24) is 4.90 Å². The zero-order valence-electron chi connectivity index (χ0n) is 16.2. The van der Waals surface area contributed by atoms with Gasteiger partial charge in [0.15, 0.2) is 0 Å². The van der Waals surface area contributed by atoms with Crippen LogP contribution in [0.25, 0.3) is 0 Å². The monoisotopic (exact) mass is 339 g/mol. The molecule has 0 saturated carbocycles. The third-order valence-electron chi connectivity index (χ3n) is 5.74.